The summed E-state index contributed by atoms with van der Waals surface area (Å²) < 4.78 is 5.88. The topological polar surface area (TPSA) is 111 Å². The summed E-state index contributed by atoms with van der Waals surface area (Å²) in [5, 5.41) is 34.6. The van der Waals surface area contributed by atoms with Gasteiger partial charge < -0.3 is 30.7 Å². The van der Waals surface area contributed by atoms with Gasteiger partial charge in [-0.3, -0.25) is 4.79 Å². The second kappa shape index (κ2) is 7.96. The Morgan fingerprint density at radius 3 is 2.52 bits per heavy atom. The summed E-state index contributed by atoms with van der Waals surface area (Å²) >= 11 is 0. The molecular formula is C20H24N2O5. The maximum atomic E-state index is 13.0. The van der Waals surface area contributed by atoms with Gasteiger partial charge in [-0.25, -0.2) is 0 Å². The average molecular weight is 372 g/mol. The molecule has 0 unspecified atom stereocenters. The Morgan fingerprint density at radius 1 is 1.19 bits per heavy atom. The average Bonchev–Trinajstić information content (AvgIpc) is 2.71. The largest absolute Gasteiger partial charge is 0.487 e. The fourth-order valence-electron chi connectivity index (χ4n) is 2.93. The number of fused-ring (bicyclic) bond motifs is 1. The Labute approximate surface area is 157 Å². The molecule has 5 N–H and O–H groups in total. The highest BCUT2D eigenvalue weighted by atomic mass is 16.5. The first-order valence-corrected chi connectivity index (χ1v) is 8.78. The van der Waals surface area contributed by atoms with Crippen LogP contribution < -0.4 is 15.4 Å². The van der Waals surface area contributed by atoms with Gasteiger partial charge in [-0.1, -0.05) is 30.3 Å². The van der Waals surface area contributed by atoms with Crippen LogP contribution in [0.3, 0.4) is 0 Å². The minimum atomic E-state index is -0.731. The monoisotopic (exact) mass is 372 g/mol. The fraction of sp³-hybridized carbons (Fsp3) is 0.350. The van der Waals surface area contributed by atoms with Gasteiger partial charge in [0.25, 0.3) is 0 Å². The van der Waals surface area contributed by atoms with Crippen LogP contribution in [0.25, 0.3) is 0 Å². The van der Waals surface area contributed by atoms with Gasteiger partial charge in [-0.2, -0.15) is 0 Å². The van der Waals surface area contributed by atoms with Crippen LogP contribution in [-0.2, 0) is 0 Å². The minimum Gasteiger partial charge on any atom is -0.487 e. The lowest BCUT2D eigenvalue weighted by molar-refractivity contribution is 0.103. The van der Waals surface area contributed by atoms with Crippen LogP contribution in [0.2, 0.25) is 0 Å². The molecule has 0 saturated heterocycles. The van der Waals surface area contributed by atoms with E-state index in [1.54, 1.807) is 43.3 Å². The lowest BCUT2D eigenvalue weighted by atomic mass is 9.96. The Balaban J connectivity index is 2.06. The number of hydrogen-bond donors (Lipinski definition) is 5. The Kier molecular flexibility index (Phi) is 5.65. The summed E-state index contributed by atoms with van der Waals surface area (Å²) in [6.07, 6.45) is 0. The molecule has 1 heterocycles. The van der Waals surface area contributed by atoms with Crippen molar-refractivity contribution in [2.45, 2.75) is 18.5 Å². The van der Waals surface area contributed by atoms with Gasteiger partial charge in [0.15, 0.2) is 11.5 Å². The molecule has 0 amide bonds. The van der Waals surface area contributed by atoms with E-state index in [1.165, 1.54) is 0 Å². The van der Waals surface area contributed by atoms with Crippen molar-refractivity contribution in [3.63, 3.8) is 0 Å². The zero-order valence-corrected chi connectivity index (χ0v) is 15.1. The molecule has 0 aliphatic carbocycles. The lowest BCUT2D eigenvalue weighted by Gasteiger charge is -2.37. The molecule has 1 aliphatic rings. The van der Waals surface area contributed by atoms with Crippen molar-refractivity contribution in [2.75, 3.05) is 37.1 Å². The molecule has 0 saturated carbocycles. The van der Waals surface area contributed by atoms with Crippen molar-refractivity contribution in [3.05, 3.63) is 53.6 Å². The number of carbonyl (C=O) groups is 1. The molecule has 3 rings (SSSR count). The maximum Gasteiger partial charge on any atom is 0.195 e. The molecule has 0 aromatic heterocycles. The van der Waals surface area contributed by atoms with Crippen LogP contribution in [0, 0.1) is 0 Å². The predicted molar refractivity (Wildman–Crippen MR) is 103 cm³/mol. The zero-order valence-electron chi connectivity index (χ0n) is 15.1. The van der Waals surface area contributed by atoms with E-state index in [-0.39, 0.29) is 32.2 Å². The van der Waals surface area contributed by atoms with Crippen molar-refractivity contribution in [1.82, 2.24) is 0 Å². The molecule has 2 aromatic rings. The number of hydrogen-bond acceptors (Lipinski definition) is 7. The maximum absolute atomic E-state index is 13.0. The highest BCUT2D eigenvalue weighted by Crippen LogP contribution is 2.42. The number of nitrogens with one attached hydrogen (secondary N) is 2. The van der Waals surface area contributed by atoms with Crippen molar-refractivity contribution < 1.29 is 24.9 Å². The zero-order chi connectivity index (χ0) is 19.4. The highest BCUT2D eigenvalue weighted by Gasteiger charge is 2.34. The van der Waals surface area contributed by atoms with E-state index in [0.717, 1.165) is 0 Å². The summed E-state index contributed by atoms with van der Waals surface area (Å²) in [6.45, 7) is 1.34. The van der Waals surface area contributed by atoms with Crippen LogP contribution >= 0.6 is 0 Å². The van der Waals surface area contributed by atoms with E-state index in [9.17, 15) is 20.1 Å². The fourth-order valence-corrected chi connectivity index (χ4v) is 2.93. The number of aliphatic hydroxyl groups excluding tert-OH is 3. The van der Waals surface area contributed by atoms with E-state index in [0.29, 0.717) is 28.3 Å². The second-order valence-corrected chi connectivity index (χ2v) is 6.90. The SMILES string of the molecule is C[C@]1(CO)COc2c(NC(CO)CO)ccc(C(=O)c3ccccc3)c2N1. The van der Waals surface area contributed by atoms with E-state index >= 15 is 0 Å². The predicted octanol–water partition coefficient (Wildman–Crippen LogP) is 1.24. The summed E-state index contributed by atoms with van der Waals surface area (Å²) in [6, 6.07) is 11.7. The Morgan fingerprint density at radius 2 is 1.89 bits per heavy atom. The van der Waals surface area contributed by atoms with Gasteiger partial charge in [-0.15, -0.1) is 0 Å². The Hall–Kier alpha value is -2.61. The first-order valence-electron chi connectivity index (χ1n) is 8.78. The third-order valence-corrected chi connectivity index (χ3v) is 4.55. The quantitative estimate of drug-likeness (QED) is 0.465. The Bertz CT molecular complexity index is 808. The first kappa shape index (κ1) is 19.2. The number of rotatable bonds is 7. The van der Waals surface area contributed by atoms with Crippen LogP contribution in [-0.4, -0.2) is 59.1 Å². The first-order chi connectivity index (χ1) is 13.0. The molecule has 0 bridgehead atoms. The van der Waals surface area contributed by atoms with Gasteiger partial charge in [0, 0.05) is 11.1 Å². The summed E-state index contributed by atoms with van der Waals surface area (Å²) in [7, 11) is 0. The number of carbonyl (C=O) groups excluding carboxylic acids is 1. The number of ketones is 1. The molecule has 1 aliphatic heterocycles. The van der Waals surface area contributed by atoms with Gasteiger partial charge in [0.1, 0.15) is 6.61 Å². The van der Waals surface area contributed by atoms with Crippen LogP contribution in [0.5, 0.6) is 5.75 Å². The molecule has 144 valence electrons. The van der Waals surface area contributed by atoms with Crippen LogP contribution in [0.15, 0.2) is 42.5 Å². The standard InChI is InChI=1S/C20H24N2O5/c1-20(11-25)12-27-19-16(21-14(9-23)10-24)8-7-15(17(19)22-20)18(26)13-5-3-2-4-6-13/h2-8,14,21-25H,9-12H2,1H3/t20-/m0/s1. The molecule has 1 atom stereocenters. The van der Waals surface area contributed by atoms with Crippen molar-refractivity contribution in [2.24, 2.45) is 0 Å². The summed E-state index contributed by atoms with van der Waals surface area (Å²) in [5.41, 5.74) is 1.26. The summed E-state index contributed by atoms with van der Waals surface area (Å²) in [4.78, 5) is 13.0. The van der Waals surface area contributed by atoms with Crippen molar-refractivity contribution >= 4 is 17.2 Å². The molecule has 0 spiro atoms. The van der Waals surface area contributed by atoms with E-state index < -0.39 is 11.6 Å². The third-order valence-electron chi connectivity index (χ3n) is 4.55. The highest BCUT2D eigenvalue weighted by molar-refractivity contribution is 6.13. The lowest BCUT2D eigenvalue weighted by Crippen LogP contribution is -2.47. The van der Waals surface area contributed by atoms with Gasteiger partial charge >= 0.3 is 0 Å². The van der Waals surface area contributed by atoms with E-state index in [2.05, 4.69) is 10.6 Å². The van der Waals surface area contributed by atoms with E-state index in [1.807, 2.05) is 6.07 Å². The molecule has 2 aromatic carbocycles. The van der Waals surface area contributed by atoms with Crippen molar-refractivity contribution in [1.29, 1.82) is 0 Å². The molecular weight excluding hydrogens is 348 g/mol. The number of benzene rings is 2. The smallest absolute Gasteiger partial charge is 0.195 e. The third kappa shape index (κ3) is 3.90. The summed E-state index contributed by atoms with van der Waals surface area (Å²) in [5.74, 6) is 0.257. The molecule has 7 heteroatoms. The number of anilines is 2. The van der Waals surface area contributed by atoms with Gasteiger partial charge in [-0.05, 0) is 19.1 Å². The minimum absolute atomic E-state index is 0.168. The number of ether oxygens (including phenoxy) is 1. The van der Waals surface area contributed by atoms with Gasteiger partial charge in [0.05, 0.1) is 42.8 Å². The van der Waals surface area contributed by atoms with E-state index in [4.69, 9.17) is 4.74 Å². The molecule has 0 fully saturated rings. The van der Waals surface area contributed by atoms with Gasteiger partial charge in [0.2, 0.25) is 0 Å². The molecule has 0 radical (unpaired) electrons. The normalized spacial score (nSPS) is 18.4. The molecule has 27 heavy (non-hydrogen) atoms. The van der Waals surface area contributed by atoms with Crippen LogP contribution in [0.1, 0.15) is 22.8 Å². The van der Waals surface area contributed by atoms with Crippen LogP contribution in [0.4, 0.5) is 11.4 Å². The molecule has 7 nitrogen and oxygen atoms in total. The number of aliphatic hydroxyl groups is 3. The second-order valence-electron chi connectivity index (χ2n) is 6.90. The van der Waals surface area contributed by atoms with Crippen molar-refractivity contribution in [3.8, 4) is 5.75 Å².